The van der Waals surface area contributed by atoms with Gasteiger partial charge in [-0.3, -0.25) is 15.1 Å². The van der Waals surface area contributed by atoms with Crippen LogP contribution in [0.2, 0.25) is 0 Å². The quantitative estimate of drug-likeness (QED) is 0.508. The van der Waals surface area contributed by atoms with Crippen LogP contribution >= 0.6 is 0 Å². The standard InChI is InChI=1S/C14H14N4O2/c15-10-2-3-11-9(7-10)1-4-12(11)17-13-5-6-16-8-14(13)18(19)20/h2-3,5-8,12H,1,4,15H2,(H,16,17). The molecule has 1 aliphatic rings. The SMILES string of the molecule is Nc1ccc2c(c1)CCC2Nc1ccncc1[N+](=O)[O-]. The van der Waals surface area contributed by atoms with Crippen molar-refractivity contribution in [1.29, 1.82) is 0 Å². The van der Waals surface area contributed by atoms with Crippen molar-refractivity contribution in [3.63, 3.8) is 0 Å². The van der Waals surface area contributed by atoms with Crippen LogP contribution in [0.15, 0.2) is 36.7 Å². The minimum Gasteiger partial charge on any atom is -0.399 e. The van der Waals surface area contributed by atoms with Crippen LogP contribution < -0.4 is 11.1 Å². The van der Waals surface area contributed by atoms with E-state index < -0.39 is 4.92 Å². The molecule has 6 nitrogen and oxygen atoms in total. The van der Waals surface area contributed by atoms with Gasteiger partial charge in [0.1, 0.15) is 11.9 Å². The van der Waals surface area contributed by atoms with E-state index in [-0.39, 0.29) is 11.7 Å². The van der Waals surface area contributed by atoms with Crippen LogP contribution in [0.1, 0.15) is 23.6 Å². The van der Waals surface area contributed by atoms with Crippen LogP contribution in [0.3, 0.4) is 0 Å². The second-order valence-electron chi connectivity index (χ2n) is 4.84. The van der Waals surface area contributed by atoms with E-state index >= 15 is 0 Å². The Morgan fingerprint density at radius 2 is 2.25 bits per heavy atom. The molecule has 0 amide bonds. The highest BCUT2D eigenvalue weighted by Gasteiger charge is 2.24. The number of hydrogen-bond acceptors (Lipinski definition) is 5. The van der Waals surface area contributed by atoms with Crippen LogP contribution in [-0.4, -0.2) is 9.91 Å². The zero-order valence-electron chi connectivity index (χ0n) is 10.7. The number of aromatic nitrogens is 1. The summed E-state index contributed by atoms with van der Waals surface area (Å²) in [4.78, 5) is 14.4. The predicted molar refractivity (Wildman–Crippen MR) is 76.4 cm³/mol. The number of pyridine rings is 1. The van der Waals surface area contributed by atoms with Crippen molar-refractivity contribution in [2.24, 2.45) is 0 Å². The fourth-order valence-corrected chi connectivity index (χ4v) is 2.63. The summed E-state index contributed by atoms with van der Waals surface area (Å²) >= 11 is 0. The van der Waals surface area contributed by atoms with E-state index in [0.717, 1.165) is 24.1 Å². The molecular formula is C14H14N4O2. The average Bonchev–Trinajstić information content (AvgIpc) is 2.81. The molecule has 0 radical (unpaired) electrons. The zero-order valence-corrected chi connectivity index (χ0v) is 10.7. The first-order chi connectivity index (χ1) is 9.65. The van der Waals surface area contributed by atoms with Gasteiger partial charge in [-0.05, 0) is 42.2 Å². The van der Waals surface area contributed by atoms with Gasteiger partial charge in [0.05, 0.1) is 11.0 Å². The van der Waals surface area contributed by atoms with Gasteiger partial charge in [-0.15, -0.1) is 0 Å². The molecule has 0 saturated heterocycles. The Labute approximate surface area is 115 Å². The van der Waals surface area contributed by atoms with Gasteiger partial charge in [-0.25, -0.2) is 0 Å². The van der Waals surface area contributed by atoms with Gasteiger partial charge in [-0.1, -0.05) is 6.07 Å². The van der Waals surface area contributed by atoms with E-state index in [1.807, 2.05) is 18.2 Å². The fraction of sp³-hybridized carbons (Fsp3) is 0.214. The number of nitro groups is 1. The third-order valence-electron chi connectivity index (χ3n) is 3.57. The van der Waals surface area contributed by atoms with Crippen LogP contribution in [0.4, 0.5) is 17.1 Å². The van der Waals surface area contributed by atoms with E-state index in [2.05, 4.69) is 10.3 Å². The number of nitrogens with one attached hydrogen (secondary N) is 1. The van der Waals surface area contributed by atoms with E-state index in [1.54, 1.807) is 12.3 Å². The molecule has 1 atom stereocenters. The molecule has 1 aromatic carbocycles. The van der Waals surface area contributed by atoms with Gasteiger partial charge in [0, 0.05) is 11.9 Å². The van der Waals surface area contributed by atoms with Crippen molar-refractivity contribution in [2.45, 2.75) is 18.9 Å². The van der Waals surface area contributed by atoms with Gasteiger partial charge in [0.25, 0.3) is 0 Å². The highest BCUT2D eigenvalue weighted by molar-refractivity contribution is 5.61. The molecule has 20 heavy (non-hydrogen) atoms. The summed E-state index contributed by atoms with van der Waals surface area (Å²) in [6.45, 7) is 0. The number of rotatable bonds is 3. The second-order valence-corrected chi connectivity index (χ2v) is 4.84. The van der Waals surface area contributed by atoms with Gasteiger partial charge in [0.15, 0.2) is 0 Å². The van der Waals surface area contributed by atoms with Crippen LogP contribution in [-0.2, 0) is 6.42 Å². The molecule has 0 aliphatic heterocycles. The zero-order chi connectivity index (χ0) is 14.1. The Morgan fingerprint density at radius 1 is 1.40 bits per heavy atom. The van der Waals surface area contributed by atoms with Crippen LogP contribution in [0.5, 0.6) is 0 Å². The van der Waals surface area contributed by atoms with E-state index in [4.69, 9.17) is 5.73 Å². The molecule has 3 rings (SSSR count). The lowest BCUT2D eigenvalue weighted by Crippen LogP contribution is -2.09. The number of benzene rings is 1. The maximum absolute atomic E-state index is 11.0. The summed E-state index contributed by atoms with van der Waals surface area (Å²) in [6.07, 6.45) is 4.64. The molecule has 1 aliphatic carbocycles. The van der Waals surface area contributed by atoms with Gasteiger partial charge >= 0.3 is 5.69 Å². The number of nitrogen functional groups attached to an aromatic ring is 1. The number of nitrogens with zero attached hydrogens (tertiary/aromatic N) is 2. The molecular weight excluding hydrogens is 256 g/mol. The first kappa shape index (κ1) is 12.4. The summed E-state index contributed by atoms with van der Waals surface area (Å²) in [5.41, 5.74) is 9.39. The number of anilines is 2. The van der Waals surface area contributed by atoms with Crippen molar-refractivity contribution < 1.29 is 4.92 Å². The summed E-state index contributed by atoms with van der Waals surface area (Å²) in [5.74, 6) is 0. The Bertz CT molecular complexity index is 672. The van der Waals surface area contributed by atoms with E-state index in [0.29, 0.717) is 5.69 Å². The first-order valence-corrected chi connectivity index (χ1v) is 6.38. The van der Waals surface area contributed by atoms with Crippen molar-refractivity contribution in [2.75, 3.05) is 11.1 Å². The monoisotopic (exact) mass is 270 g/mol. The lowest BCUT2D eigenvalue weighted by atomic mass is 10.1. The summed E-state index contributed by atoms with van der Waals surface area (Å²) in [5, 5.41) is 14.2. The summed E-state index contributed by atoms with van der Waals surface area (Å²) in [6, 6.07) is 7.53. The van der Waals surface area contributed by atoms with Crippen molar-refractivity contribution in [3.05, 3.63) is 57.9 Å². The lowest BCUT2D eigenvalue weighted by Gasteiger charge is -2.15. The van der Waals surface area contributed by atoms with E-state index in [9.17, 15) is 10.1 Å². The fourth-order valence-electron chi connectivity index (χ4n) is 2.63. The molecule has 6 heteroatoms. The Balaban J connectivity index is 1.90. The second kappa shape index (κ2) is 4.80. The third kappa shape index (κ3) is 2.16. The maximum atomic E-state index is 11.0. The summed E-state index contributed by atoms with van der Waals surface area (Å²) in [7, 11) is 0. The molecule has 2 aromatic rings. The molecule has 0 bridgehead atoms. The molecule has 3 N–H and O–H groups in total. The number of hydrogen-bond donors (Lipinski definition) is 2. The minimum absolute atomic E-state index is 0.00334. The topological polar surface area (TPSA) is 94.1 Å². The van der Waals surface area contributed by atoms with E-state index in [1.165, 1.54) is 11.8 Å². The normalized spacial score (nSPS) is 16.7. The molecule has 1 aromatic heterocycles. The van der Waals surface area contributed by atoms with Crippen molar-refractivity contribution in [3.8, 4) is 0 Å². The van der Waals surface area contributed by atoms with Crippen molar-refractivity contribution >= 4 is 17.1 Å². The Morgan fingerprint density at radius 3 is 3.05 bits per heavy atom. The van der Waals surface area contributed by atoms with Crippen LogP contribution in [0.25, 0.3) is 0 Å². The maximum Gasteiger partial charge on any atom is 0.310 e. The molecule has 1 heterocycles. The first-order valence-electron chi connectivity index (χ1n) is 6.38. The largest absolute Gasteiger partial charge is 0.399 e. The average molecular weight is 270 g/mol. The highest BCUT2D eigenvalue weighted by atomic mass is 16.6. The number of fused-ring (bicyclic) bond motifs is 1. The van der Waals surface area contributed by atoms with Gasteiger partial charge in [-0.2, -0.15) is 0 Å². The highest BCUT2D eigenvalue weighted by Crippen LogP contribution is 2.36. The molecule has 0 spiro atoms. The molecule has 1 unspecified atom stereocenters. The predicted octanol–water partition coefficient (Wildman–Crippen LogP) is 2.67. The van der Waals surface area contributed by atoms with Crippen molar-refractivity contribution in [1.82, 2.24) is 4.98 Å². The molecule has 0 fully saturated rings. The minimum atomic E-state index is -0.422. The summed E-state index contributed by atoms with van der Waals surface area (Å²) < 4.78 is 0. The Hall–Kier alpha value is -2.63. The lowest BCUT2D eigenvalue weighted by molar-refractivity contribution is -0.384. The van der Waals surface area contributed by atoms with Gasteiger partial charge < -0.3 is 11.1 Å². The molecule has 102 valence electrons. The molecule has 0 saturated carbocycles. The van der Waals surface area contributed by atoms with Crippen LogP contribution in [0, 0.1) is 10.1 Å². The number of aryl methyl sites for hydroxylation is 1. The third-order valence-corrected chi connectivity index (χ3v) is 3.57. The Kier molecular flexibility index (Phi) is 2.98. The van der Waals surface area contributed by atoms with Gasteiger partial charge in [0.2, 0.25) is 0 Å². The number of nitrogens with two attached hydrogens (primary N) is 1. The smallest absolute Gasteiger partial charge is 0.310 e.